The molecule has 0 saturated carbocycles. The summed E-state index contributed by atoms with van der Waals surface area (Å²) in [5, 5.41) is 0. The molecule has 2 aliphatic heterocycles. The van der Waals surface area contributed by atoms with E-state index in [1.54, 1.807) is 11.9 Å². The first kappa shape index (κ1) is 19.7. The van der Waals surface area contributed by atoms with Crippen LogP contribution in [0.1, 0.15) is 70.9 Å². The van der Waals surface area contributed by atoms with Crippen molar-refractivity contribution in [3.8, 4) is 0 Å². The van der Waals surface area contributed by atoms with Gasteiger partial charge in [-0.2, -0.15) is 0 Å². The molecule has 1 aromatic carbocycles. The zero-order valence-corrected chi connectivity index (χ0v) is 17.3. The summed E-state index contributed by atoms with van der Waals surface area (Å²) >= 11 is 0. The molecule has 0 spiro atoms. The highest BCUT2D eigenvalue weighted by Gasteiger charge is 2.31. The quantitative estimate of drug-likeness (QED) is 0.797. The van der Waals surface area contributed by atoms with Crippen molar-refractivity contribution >= 4 is 11.8 Å². The van der Waals surface area contributed by atoms with E-state index in [9.17, 15) is 9.59 Å². The van der Waals surface area contributed by atoms with Gasteiger partial charge >= 0.3 is 0 Å². The lowest BCUT2D eigenvalue weighted by Gasteiger charge is -2.22. The summed E-state index contributed by atoms with van der Waals surface area (Å²) in [5.74, 6) is 0.297. The highest BCUT2D eigenvalue weighted by atomic mass is 16.2. The van der Waals surface area contributed by atoms with E-state index in [1.807, 2.05) is 39.8 Å². The SMILES string of the molecule is CN(Cc1ccccc1)C(=O)c1nc(C(=O)N2CCCCCC2)c2n1CCCC2. The molecule has 0 bridgehead atoms. The molecule has 0 unspecified atom stereocenters. The van der Waals surface area contributed by atoms with Crippen molar-refractivity contribution in [3.63, 3.8) is 0 Å². The third-order valence-corrected chi connectivity index (χ3v) is 6.01. The number of aromatic nitrogens is 2. The summed E-state index contributed by atoms with van der Waals surface area (Å²) in [5.41, 5.74) is 2.53. The number of carbonyl (C=O) groups excluding carboxylic acids is 2. The van der Waals surface area contributed by atoms with E-state index in [4.69, 9.17) is 0 Å². The van der Waals surface area contributed by atoms with Gasteiger partial charge in [0.1, 0.15) is 5.69 Å². The first-order valence-corrected chi connectivity index (χ1v) is 10.8. The minimum Gasteiger partial charge on any atom is -0.337 e. The molecule has 1 fully saturated rings. The molecule has 2 aromatic rings. The largest absolute Gasteiger partial charge is 0.337 e. The zero-order valence-electron chi connectivity index (χ0n) is 17.3. The highest BCUT2D eigenvalue weighted by molar-refractivity contribution is 5.97. The number of carbonyl (C=O) groups is 2. The number of amides is 2. The average molecular weight is 395 g/mol. The zero-order chi connectivity index (χ0) is 20.2. The molecule has 154 valence electrons. The summed E-state index contributed by atoms with van der Waals surface area (Å²) in [6, 6.07) is 9.95. The van der Waals surface area contributed by atoms with Crippen molar-refractivity contribution in [2.75, 3.05) is 20.1 Å². The van der Waals surface area contributed by atoms with Crippen molar-refractivity contribution in [1.82, 2.24) is 19.4 Å². The lowest BCUT2D eigenvalue weighted by molar-refractivity contribution is 0.0754. The van der Waals surface area contributed by atoms with Gasteiger partial charge in [-0.3, -0.25) is 9.59 Å². The summed E-state index contributed by atoms with van der Waals surface area (Å²) < 4.78 is 2.00. The number of rotatable bonds is 4. The van der Waals surface area contributed by atoms with Crippen molar-refractivity contribution in [2.24, 2.45) is 0 Å². The van der Waals surface area contributed by atoms with Gasteiger partial charge < -0.3 is 14.4 Å². The number of nitrogens with zero attached hydrogens (tertiary/aromatic N) is 4. The number of benzene rings is 1. The molecule has 6 heteroatoms. The van der Waals surface area contributed by atoms with Crippen LogP contribution in [-0.4, -0.2) is 51.3 Å². The second-order valence-corrected chi connectivity index (χ2v) is 8.19. The van der Waals surface area contributed by atoms with Crippen LogP contribution in [0.5, 0.6) is 0 Å². The van der Waals surface area contributed by atoms with E-state index in [0.717, 1.165) is 63.0 Å². The summed E-state index contributed by atoms with van der Waals surface area (Å²) in [6.07, 6.45) is 7.33. The molecule has 0 atom stereocenters. The number of imidazole rings is 1. The van der Waals surface area contributed by atoms with Gasteiger partial charge in [-0.15, -0.1) is 0 Å². The predicted octanol–water partition coefficient (Wildman–Crippen LogP) is 3.51. The van der Waals surface area contributed by atoms with Crippen LogP contribution in [0.25, 0.3) is 0 Å². The smallest absolute Gasteiger partial charge is 0.289 e. The molecular weight excluding hydrogens is 364 g/mol. The first-order chi connectivity index (χ1) is 14.1. The summed E-state index contributed by atoms with van der Waals surface area (Å²) in [6.45, 7) is 2.87. The van der Waals surface area contributed by atoms with Crippen LogP contribution in [0.15, 0.2) is 30.3 Å². The first-order valence-electron chi connectivity index (χ1n) is 10.8. The Morgan fingerprint density at radius 1 is 0.966 bits per heavy atom. The fourth-order valence-electron chi connectivity index (χ4n) is 4.40. The number of hydrogen-bond acceptors (Lipinski definition) is 3. The minimum absolute atomic E-state index is 0.00214. The lowest BCUT2D eigenvalue weighted by atomic mass is 10.1. The predicted molar refractivity (Wildman–Crippen MR) is 112 cm³/mol. The molecule has 1 aromatic heterocycles. The Bertz CT molecular complexity index is 867. The van der Waals surface area contributed by atoms with Gasteiger partial charge in [-0.05, 0) is 37.7 Å². The molecule has 0 radical (unpaired) electrons. The maximum Gasteiger partial charge on any atom is 0.289 e. The average Bonchev–Trinajstić information content (AvgIpc) is 2.93. The Morgan fingerprint density at radius 3 is 2.38 bits per heavy atom. The van der Waals surface area contributed by atoms with E-state index in [0.29, 0.717) is 18.1 Å². The molecule has 0 aliphatic carbocycles. The molecule has 0 N–H and O–H groups in total. The van der Waals surface area contributed by atoms with E-state index in [2.05, 4.69) is 4.98 Å². The fourth-order valence-corrected chi connectivity index (χ4v) is 4.40. The monoisotopic (exact) mass is 394 g/mol. The van der Waals surface area contributed by atoms with E-state index >= 15 is 0 Å². The maximum atomic E-state index is 13.2. The Hall–Kier alpha value is -2.63. The van der Waals surface area contributed by atoms with Gasteiger partial charge in [0, 0.05) is 33.2 Å². The van der Waals surface area contributed by atoms with Crippen LogP contribution in [0.4, 0.5) is 0 Å². The maximum absolute atomic E-state index is 13.2. The van der Waals surface area contributed by atoms with E-state index in [-0.39, 0.29) is 11.8 Å². The van der Waals surface area contributed by atoms with Crippen molar-refractivity contribution in [3.05, 3.63) is 53.1 Å². The lowest BCUT2D eigenvalue weighted by Crippen LogP contribution is -2.33. The molecule has 3 heterocycles. The summed E-state index contributed by atoms with van der Waals surface area (Å²) in [4.78, 5) is 34.7. The van der Waals surface area contributed by atoms with Gasteiger partial charge in [0.15, 0.2) is 5.82 Å². The van der Waals surface area contributed by atoms with E-state index in [1.165, 1.54) is 12.8 Å². The Balaban J connectivity index is 1.60. The molecule has 2 amide bonds. The third-order valence-electron chi connectivity index (χ3n) is 6.01. The van der Waals surface area contributed by atoms with Crippen LogP contribution in [0.2, 0.25) is 0 Å². The van der Waals surface area contributed by atoms with Gasteiger partial charge in [0.05, 0.1) is 5.69 Å². The van der Waals surface area contributed by atoms with E-state index < -0.39 is 0 Å². The molecule has 4 rings (SSSR count). The van der Waals surface area contributed by atoms with Crippen LogP contribution in [0, 0.1) is 0 Å². The minimum atomic E-state index is -0.119. The fraction of sp³-hybridized carbons (Fsp3) is 0.522. The second kappa shape index (κ2) is 8.80. The van der Waals surface area contributed by atoms with Crippen LogP contribution >= 0.6 is 0 Å². The Morgan fingerprint density at radius 2 is 1.66 bits per heavy atom. The Labute approximate surface area is 172 Å². The molecular formula is C23H30N4O2. The topological polar surface area (TPSA) is 58.4 Å². The highest BCUT2D eigenvalue weighted by Crippen LogP contribution is 2.24. The van der Waals surface area contributed by atoms with Crippen molar-refractivity contribution < 1.29 is 9.59 Å². The van der Waals surface area contributed by atoms with Gasteiger partial charge in [0.25, 0.3) is 11.8 Å². The second-order valence-electron chi connectivity index (χ2n) is 8.19. The molecule has 2 aliphatic rings. The number of fused-ring (bicyclic) bond motifs is 1. The third kappa shape index (κ3) is 4.21. The van der Waals surface area contributed by atoms with Crippen LogP contribution in [0.3, 0.4) is 0 Å². The van der Waals surface area contributed by atoms with Gasteiger partial charge in [0.2, 0.25) is 0 Å². The summed E-state index contributed by atoms with van der Waals surface area (Å²) in [7, 11) is 1.80. The Kier molecular flexibility index (Phi) is 5.97. The normalized spacial score (nSPS) is 16.8. The molecule has 6 nitrogen and oxygen atoms in total. The van der Waals surface area contributed by atoms with Crippen LogP contribution in [-0.2, 0) is 19.5 Å². The number of likely N-dealkylation sites (tertiary alicyclic amines) is 1. The van der Waals surface area contributed by atoms with Gasteiger partial charge in [-0.25, -0.2) is 4.98 Å². The molecule has 1 saturated heterocycles. The standard InChI is InChI=1S/C23H30N4O2/c1-25(17-18-11-5-4-6-12-18)23(29)21-24-20(19-13-7-10-16-27(19)21)22(28)26-14-8-2-3-9-15-26/h4-6,11-12H,2-3,7-10,13-17H2,1H3. The van der Waals surface area contributed by atoms with Crippen molar-refractivity contribution in [1.29, 1.82) is 0 Å². The van der Waals surface area contributed by atoms with Gasteiger partial charge in [-0.1, -0.05) is 43.2 Å². The molecule has 29 heavy (non-hydrogen) atoms. The van der Waals surface area contributed by atoms with Crippen LogP contribution < -0.4 is 0 Å². The number of hydrogen-bond donors (Lipinski definition) is 0. The van der Waals surface area contributed by atoms with Crippen molar-refractivity contribution in [2.45, 2.75) is 58.0 Å².